The minimum atomic E-state index is -3.52. The van der Waals surface area contributed by atoms with Crippen molar-refractivity contribution in [3.8, 4) is 0 Å². The lowest BCUT2D eigenvalue weighted by Gasteiger charge is -2.10. The first kappa shape index (κ1) is 13.2. The van der Waals surface area contributed by atoms with Crippen LogP contribution in [0.4, 0.5) is 0 Å². The topological polar surface area (TPSA) is 63.2 Å². The van der Waals surface area contributed by atoms with E-state index in [1.165, 1.54) is 12.1 Å². The number of carbonyl (C=O) groups excluding carboxylic acids is 1. The standard InChI is InChI=1S/C13H17NO3S/c1-9(2)14-18(16,17)12-5-3-4-11(8-12)13(15)10-6-7-10/h3-5,8-10,14H,6-7H2,1-2H3. The van der Waals surface area contributed by atoms with E-state index in [0.29, 0.717) is 5.56 Å². The summed E-state index contributed by atoms with van der Waals surface area (Å²) in [4.78, 5) is 12.0. The normalized spacial score (nSPS) is 15.9. The van der Waals surface area contributed by atoms with E-state index in [0.717, 1.165) is 12.8 Å². The van der Waals surface area contributed by atoms with Gasteiger partial charge in [-0.3, -0.25) is 4.79 Å². The van der Waals surface area contributed by atoms with Gasteiger partial charge in [0.2, 0.25) is 10.0 Å². The average molecular weight is 267 g/mol. The molecule has 0 spiro atoms. The van der Waals surface area contributed by atoms with Crippen LogP contribution in [0.15, 0.2) is 29.2 Å². The van der Waals surface area contributed by atoms with Crippen molar-refractivity contribution in [1.82, 2.24) is 4.72 Å². The molecule has 0 saturated heterocycles. The predicted molar refractivity (Wildman–Crippen MR) is 69.0 cm³/mol. The molecule has 0 heterocycles. The van der Waals surface area contributed by atoms with E-state index < -0.39 is 10.0 Å². The number of rotatable bonds is 5. The van der Waals surface area contributed by atoms with Gasteiger partial charge in [-0.25, -0.2) is 13.1 Å². The van der Waals surface area contributed by atoms with Crippen LogP contribution in [0.1, 0.15) is 37.0 Å². The molecule has 0 atom stereocenters. The molecule has 4 nitrogen and oxygen atoms in total. The molecule has 18 heavy (non-hydrogen) atoms. The molecule has 0 radical (unpaired) electrons. The highest BCUT2D eigenvalue weighted by Crippen LogP contribution is 2.32. The van der Waals surface area contributed by atoms with E-state index in [-0.39, 0.29) is 22.6 Å². The molecule has 1 aromatic rings. The van der Waals surface area contributed by atoms with Gasteiger partial charge in [0.15, 0.2) is 5.78 Å². The highest BCUT2D eigenvalue weighted by molar-refractivity contribution is 7.89. The third kappa shape index (κ3) is 2.97. The van der Waals surface area contributed by atoms with Crippen molar-refractivity contribution < 1.29 is 13.2 Å². The Morgan fingerprint density at radius 3 is 2.56 bits per heavy atom. The molecule has 1 aromatic carbocycles. The van der Waals surface area contributed by atoms with E-state index in [1.807, 2.05) is 0 Å². The second-order valence-corrected chi connectivity index (χ2v) is 6.66. The molecule has 0 amide bonds. The Kier molecular flexibility index (Phi) is 3.54. The van der Waals surface area contributed by atoms with Crippen LogP contribution in [0.3, 0.4) is 0 Å². The molecule has 1 saturated carbocycles. The van der Waals surface area contributed by atoms with Crippen molar-refractivity contribution in [3.63, 3.8) is 0 Å². The first-order valence-corrected chi connectivity index (χ1v) is 7.55. The summed E-state index contributed by atoms with van der Waals surface area (Å²) in [6, 6.07) is 6.09. The maximum absolute atomic E-state index is 12.0. The third-order valence-corrected chi connectivity index (χ3v) is 4.42. The molecule has 0 bridgehead atoms. The molecule has 1 aliphatic rings. The van der Waals surface area contributed by atoms with Gasteiger partial charge in [0.25, 0.3) is 0 Å². The van der Waals surface area contributed by atoms with Crippen LogP contribution in [0.5, 0.6) is 0 Å². The van der Waals surface area contributed by atoms with Gasteiger partial charge in [-0.15, -0.1) is 0 Å². The first-order valence-electron chi connectivity index (χ1n) is 6.07. The Morgan fingerprint density at radius 1 is 1.33 bits per heavy atom. The molecule has 0 unspecified atom stereocenters. The number of hydrogen-bond donors (Lipinski definition) is 1. The quantitative estimate of drug-likeness (QED) is 0.830. The van der Waals surface area contributed by atoms with Gasteiger partial charge in [0.1, 0.15) is 0 Å². The minimum absolute atomic E-state index is 0.0524. The molecule has 1 fully saturated rings. The Morgan fingerprint density at radius 2 is 2.00 bits per heavy atom. The fourth-order valence-corrected chi connectivity index (χ4v) is 3.07. The van der Waals surface area contributed by atoms with E-state index in [4.69, 9.17) is 0 Å². The lowest BCUT2D eigenvalue weighted by molar-refractivity contribution is 0.0967. The van der Waals surface area contributed by atoms with Crippen LogP contribution in [0.25, 0.3) is 0 Å². The Labute approximate surface area is 107 Å². The maximum Gasteiger partial charge on any atom is 0.240 e. The van der Waals surface area contributed by atoms with Gasteiger partial charge < -0.3 is 0 Å². The monoisotopic (exact) mass is 267 g/mol. The second kappa shape index (κ2) is 4.82. The van der Waals surface area contributed by atoms with Gasteiger partial charge in [-0.05, 0) is 38.8 Å². The molecule has 0 aliphatic heterocycles. The van der Waals surface area contributed by atoms with E-state index in [1.54, 1.807) is 26.0 Å². The zero-order valence-electron chi connectivity index (χ0n) is 10.5. The Bertz CT molecular complexity index is 559. The van der Waals surface area contributed by atoms with Crippen LogP contribution in [0, 0.1) is 5.92 Å². The number of nitrogens with one attached hydrogen (secondary N) is 1. The van der Waals surface area contributed by atoms with Gasteiger partial charge in [0, 0.05) is 17.5 Å². The highest BCUT2D eigenvalue weighted by Gasteiger charge is 2.30. The SMILES string of the molecule is CC(C)NS(=O)(=O)c1cccc(C(=O)C2CC2)c1. The zero-order valence-corrected chi connectivity index (χ0v) is 11.3. The van der Waals surface area contributed by atoms with E-state index >= 15 is 0 Å². The van der Waals surface area contributed by atoms with Crippen LogP contribution >= 0.6 is 0 Å². The van der Waals surface area contributed by atoms with Crippen LogP contribution in [-0.4, -0.2) is 20.2 Å². The molecule has 2 rings (SSSR count). The van der Waals surface area contributed by atoms with Gasteiger partial charge >= 0.3 is 0 Å². The molecule has 1 N–H and O–H groups in total. The lowest BCUT2D eigenvalue weighted by Crippen LogP contribution is -2.30. The fourth-order valence-electron chi connectivity index (χ4n) is 1.78. The first-order chi connectivity index (χ1) is 8.40. The van der Waals surface area contributed by atoms with Crippen LogP contribution < -0.4 is 4.72 Å². The summed E-state index contributed by atoms with van der Waals surface area (Å²) in [6.45, 7) is 3.52. The maximum atomic E-state index is 12.0. The van der Waals surface area contributed by atoms with Crippen LogP contribution in [0.2, 0.25) is 0 Å². The summed E-state index contributed by atoms with van der Waals surface area (Å²) in [6.07, 6.45) is 1.83. The van der Waals surface area contributed by atoms with Gasteiger partial charge in [-0.1, -0.05) is 12.1 Å². The highest BCUT2D eigenvalue weighted by atomic mass is 32.2. The molecular weight excluding hydrogens is 250 g/mol. The number of sulfonamides is 1. The fraction of sp³-hybridized carbons (Fsp3) is 0.462. The molecule has 1 aliphatic carbocycles. The Hall–Kier alpha value is -1.20. The third-order valence-electron chi connectivity index (χ3n) is 2.77. The predicted octanol–water partition coefficient (Wildman–Crippen LogP) is 1.97. The minimum Gasteiger partial charge on any atom is -0.294 e. The van der Waals surface area contributed by atoms with Crippen molar-refractivity contribution >= 4 is 15.8 Å². The largest absolute Gasteiger partial charge is 0.294 e. The summed E-state index contributed by atoms with van der Waals surface area (Å²) in [5, 5.41) is 0. The summed E-state index contributed by atoms with van der Waals surface area (Å²) < 4.78 is 26.5. The van der Waals surface area contributed by atoms with Crippen molar-refractivity contribution in [2.75, 3.05) is 0 Å². The number of Topliss-reactive ketones (excluding diaryl/α,β-unsaturated/α-hetero) is 1. The molecular formula is C13H17NO3S. The van der Waals surface area contributed by atoms with Crippen molar-refractivity contribution in [1.29, 1.82) is 0 Å². The second-order valence-electron chi connectivity index (χ2n) is 4.94. The van der Waals surface area contributed by atoms with Crippen LogP contribution in [-0.2, 0) is 10.0 Å². The summed E-state index contributed by atoms with van der Waals surface area (Å²) in [5.74, 6) is 0.151. The Balaban J connectivity index is 2.29. The number of hydrogen-bond acceptors (Lipinski definition) is 3. The number of carbonyl (C=O) groups is 1. The summed E-state index contributed by atoms with van der Waals surface area (Å²) in [7, 11) is -3.52. The van der Waals surface area contributed by atoms with Crippen molar-refractivity contribution in [2.24, 2.45) is 5.92 Å². The summed E-state index contributed by atoms with van der Waals surface area (Å²) in [5.41, 5.74) is 0.490. The smallest absolute Gasteiger partial charge is 0.240 e. The van der Waals surface area contributed by atoms with E-state index in [2.05, 4.69) is 4.72 Å². The summed E-state index contributed by atoms with van der Waals surface area (Å²) >= 11 is 0. The lowest BCUT2D eigenvalue weighted by atomic mass is 10.1. The number of ketones is 1. The van der Waals surface area contributed by atoms with E-state index in [9.17, 15) is 13.2 Å². The van der Waals surface area contributed by atoms with Crippen molar-refractivity contribution in [2.45, 2.75) is 37.6 Å². The molecule has 0 aromatic heterocycles. The average Bonchev–Trinajstić information content (AvgIpc) is 3.10. The number of benzene rings is 1. The van der Waals surface area contributed by atoms with Gasteiger partial charge in [-0.2, -0.15) is 0 Å². The zero-order chi connectivity index (χ0) is 13.3. The molecule has 98 valence electrons. The van der Waals surface area contributed by atoms with Crippen molar-refractivity contribution in [3.05, 3.63) is 29.8 Å². The molecule has 5 heteroatoms. The van der Waals surface area contributed by atoms with Gasteiger partial charge in [0.05, 0.1) is 4.90 Å².